The van der Waals surface area contributed by atoms with Gasteiger partial charge in [-0.25, -0.2) is 4.98 Å². The molecule has 0 bridgehead atoms. The first-order valence-corrected chi connectivity index (χ1v) is 6.36. The first kappa shape index (κ1) is 12.2. The van der Waals surface area contributed by atoms with Crippen molar-refractivity contribution < 1.29 is 0 Å². The van der Waals surface area contributed by atoms with Crippen LogP contribution in [0, 0.1) is 0 Å². The van der Waals surface area contributed by atoms with E-state index in [9.17, 15) is 0 Å². The quantitative estimate of drug-likeness (QED) is 0.733. The van der Waals surface area contributed by atoms with Gasteiger partial charge in [-0.1, -0.05) is 37.0 Å². The van der Waals surface area contributed by atoms with Gasteiger partial charge in [0.05, 0.1) is 10.7 Å². The molecule has 4 heteroatoms. The second-order valence-corrected chi connectivity index (χ2v) is 5.31. The van der Waals surface area contributed by atoms with Crippen molar-refractivity contribution in [3.63, 3.8) is 0 Å². The summed E-state index contributed by atoms with van der Waals surface area (Å²) < 4.78 is 0. The number of aromatic nitrogens is 1. The highest BCUT2D eigenvalue weighted by atomic mass is 35.5. The Hall–Kier alpha value is 0.0800. The fourth-order valence-electron chi connectivity index (χ4n) is 0.898. The zero-order valence-corrected chi connectivity index (χ0v) is 10.6. The Balaban J connectivity index is 2.62. The zero-order valence-electron chi connectivity index (χ0n) is 8.26. The summed E-state index contributed by atoms with van der Waals surface area (Å²) in [4.78, 5) is 4.19. The van der Waals surface area contributed by atoms with E-state index in [1.807, 2.05) is 11.8 Å². The van der Waals surface area contributed by atoms with Gasteiger partial charge in [-0.3, -0.25) is 0 Å². The molecule has 1 aromatic heterocycles. The van der Waals surface area contributed by atoms with Crippen LogP contribution in [0.15, 0.2) is 12.1 Å². The van der Waals surface area contributed by atoms with E-state index < -0.39 is 0 Å². The van der Waals surface area contributed by atoms with Gasteiger partial charge in [0.25, 0.3) is 0 Å². The van der Waals surface area contributed by atoms with Gasteiger partial charge in [0.15, 0.2) is 0 Å². The maximum Gasteiger partial charge on any atom is 0.129 e. The van der Waals surface area contributed by atoms with Crippen molar-refractivity contribution in [2.45, 2.75) is 31.3 Å². The van der Waals surface area contributed by atoms with Crippen molar-refractivity contribution in [2.24, 2.45) is 0 Å². The summed E-state index contributed by atoms with van der Waals surface area (Å²) in [6.07, 6.45) is 1.16. The van der Waals surface area contributed by atoms with E-state index >= 15 is 0 Å². The van der Waals surface area contributed by atoms with E-state index in [2.05, 4.69) is 18.8 Å². The molecule has 0 aliphatic carbocycles. The monoisotopic (exact) mass is 249 g/mol. The number of halogens is 2. The van der Waals surface area contributed by atoms with Crippen molar-refractivity contribution in [2.75, 3.05) is 0 Å². The number of rotatable bonds is 4. The maximum absolute atomic E-state index is 5.99. The van der Waals surface area contributed by atoms with E-state index in [4.69, 9.17) is 23.2 Å². The van der Waals surface area contributed by atoms with Crippen LogP contribution in [0.2, 0.25) is 10.2 Å². The zero-order chi connectivity index (χ0) is 10.6. The molecule has 0 amide bonds. The summed E-state index contributed by atoms with van der Waals surface area (Å²) in [6, 6.07) is 3.50. The van der Waals surface area contributed by atoms with Gasteiger partial charge in [-0.2, -0.15) is 11.8 Å². The van der Waals surface area contributed by atoms with Crippen LogP contribution in [0.4, 0.5) is 0 Å². The molecule has 1 atom stereocenters. The van der Waals surface area contributed by atoms with Crippen molar-refractivity contribution in [3.05, 3.63) is 28.0 Å². The Morgan fingerprint density at radius 3 is 2.79 bits per heavy atom. The molecule has 0 saturated carbocycles. The molecule has 0 N–H and O–H groups in total. The van der Waals surface area contributed by atoms with Gasteiger partial charge >= 0.3 is 0 Å². The number of nitrogens with zero attached hydrogens (tertiary/aromatic N) is 1. The van der Waals surface area contributed by atoms with Crippen LogP contribution in [0.25, 0.3) is 0 Å². The van der Waals surface area contributed by atoms with Crippen LogP contribution in [-0.4, -0.2) is 10.2 Å². The number of thioether (sulfide) groups is 1. The lowest BCUT2D eigenvalue weighted by molar-refractivity contribution is 0.904. The second-order valence-electron chi connectivity index (χ2n) is 3.09. The van der Waals surface area contributed by atoms with E-state index in [-0.39, 0.29) is 0 Å². The van der Waals surface area contributed by atoms with Crippen molar-refractivity contribution in [1.82, 2.24) is 4.98 Å². The van der Waals surface area contributed by atoms with Crippen molar-refractivity contribution in [1.29, 1.82) is 0 Å². The van der Waals surface area contributed by atoms with Gasteiger partial charge in [0, 0.05) is 11.0 Å². The average molecular weight is 250 g/mol. The minimum Gasteiger partial charge on any atom is -0.239 e. The maximum atomic E-state index is 5.99. The first-order chi connectivity index (χ1) is 6.63. The molecule has 78 valence electrons. The molecule has 0 saturated heterocycles. The molecular weight excluding hydrogens is 237 g/mol. The Kier molecular flexibility index (Phi) is 5.07. The van der Waals surface area contributed by atoms with Crippen LogP contribution in [0.5, 0.6) is 0 Å². The third-order valence-corrected chi connectivity index (χ3v) is 3.86. The van der Waals surface area contributed by atoms with Crippen LogP contribution in [0.1, 0.15) is 26.0 Å². The minimum absolute atomic E-state index is 0.508. The number of hydrogen-bond acceptors (Lipinski definition) is 2. The van der Waals surface area contributed by atoms with Gasteiger partial charge in [0.2, 0.25) is 0 Å². The molecule has 0 aromatic carbocycles. The average Bonchev–Trinajstić information content (AvgIpc) is 2.19. The van der Waals surface area contributed by atoms with Gasteiger partial charge < -0.3 is 0 Å². The van der Waals surface area contributed by atoms with Crippen LogP contribution in [-0.2, 0) is 5.75 Å². The summed E-state index contributed by atoms with van der Waals surface area (Å²) in [5.74, 6) is 0.828. The highest BCUT2D eigenvalue weighted by molar-refractivity contribution is 7.99. The largest absolute Gasteiger partial charge is 0.239 e. The fraction of sp³-hybridized carbons (Fsp3) is 0.500. The minimum atomic E-state index is 0.508. The van der Waals surface area contributed by atoms with Crippen molar-refractivity contribution in [3.8, 4) is 0 Å². The van der Waals surface area contributed by atoms with Crippen molar-refractivity contribution >= 4 is 35.0 Å². The third-order valence-electron chi connectivity index (χ3n) is 1.96. The summed E-state index contributed by atoms with van der Waals surface area (Å²) in [5, 5.41) is 1.84. The highest BCUT2D eigenvalue weighted by Gasteiger charge is 2.05. The standard InChI is InChI=1S/C10H13Cl2NS/c1-3-7(2)14-6-9-8(11)4-5-10(12)13-9/h4-5,7H,3,6H2,1-2H3. The topological polar surface area (TPSA) is 12.9 Å². The molecule has 0 radical (unpaired) electrons. The SMILES string of the molecule is CCC(C)SCc1nc(Cl)ccc1Cl. The predicted octanol–water partition coefficient (Wildman–Crippen LogP) is 4.42. The predicted molar refractivity (Wildman–Crippen MR) is 65.3 cm³/mol. The normalized spacial score (nSPS) is 12.9. The van der Waals surface area contributed by atoms with Crippen LogP contribution < -0.4 is 0 Å². The third kappa shape index (κ3) is 3.68. The Morgan fingerprint density at radius 2 is 2.14 bits per heavy atom. The molecule has 1 nitrogen and oxygen atoms in total. The number of hydrogen-bond donors (Lipinski definition) is 0. The summed E-state index contributed by atoms with van der Waals surface area (Å²) in [5.41, 5.74) is 0.879. The molecule has 1 unspecified atom stereocenters. The van der Waals surface area contributed by atoms with Crippen LogP contribution >= 0.6 is 35.0 Å². The van der Waals surface area contributed by atoms with Gasteiger partial charge in [-0.05, 0) is 18.6 Å². The lowest BCUT2D eigenvalue weighted by atomic mass is 10.4. The number of pyridine rings is 1. The summed E-state index contributed by atoms with van der Waals surface area (Å²) >= 11 is 13.6. The van der Waals surface area contributed by atoms with Gasteiger partial charge in [-0.15, -0.1) is 0 Å². The van der Waals surface area contributed by atoms with E-state index in [1.54, 1.807) is 12.1 Å². The fourth-order valence-corrected chi connectivity index (χ4v) is 2.21. The Morgan fingerprint density at radius 1 is 1.43 bits per heavy atom. The molecular formula is C10H13Cl2NS. The van der Waals surface area contributed by atoms with Crippen LogP contribution in [0.3, 0.4) is 0 Å². The first-order valence-electron chi connectivity index (χ1n) is 4.56. The molecule has 14 heavy (non-hydrogen) atoms. The highest BCUT2D eigenvalue weighted by Crippen LogP contribution is 2.24. The molecule has 0 spiro atoms. The molecule has 0 fully saturated rings. The molecule has 1 heterocycles. The Labute approximate surface area is 99.2 Å². The van der Waals surface area contributed by atoms with Gasteiger partial charge in [0.1, 0.15) is 5.15 Å². The Bertz CT molecular complexity index is 304. The molecule has 1 rings (SSSR count). The lowest BCUT2D eigenvalue weighted by Crippen LogP contribution is -1.96. The van der Waals surface area contributed by atoms with E-state index in [1.165, 1.54) is 0 Å². The lowest BCUT2D eigenvalue weighted by Gasteiger charge is -2.08. The second kappa shape index (κ2) is 5.84. The molecule has 0 aliphatic rings. The van der Waals surface area contributed by atoms with E-state index in [0.717, 1.165) is 17.9 Å². The summed E-state index contributed by atoms with van der Waals surface area (Å²) in [6.45, 7) is 4.37. The molecule has 1 aromatic rings. The van der Waals surface area contributed by atoms with E-state index in [0.29, 0.717) is 15.4 Å². The molecule has 0 aliphatic heterocycles. The summed E-state index contributed by atoms with van der Waals surface area (Å²) in [7, 11) is 0. The smallest absolute Gasteiger partial charge is 0.129 e.